The van der Waals surface area contributed by atoms with E-state index in [2.05, 4.69) is 69.3 Å². The Bertz CT molecular complexity index is 3860. The van der Waals surface area contributed by atoms with E-state index < -0.39 is 24.5 Å². The molecule has 368 valence electrons. The minimum Gasteiger partial charge on any atom is -0.507 e. The van der Waals surface area contributed by atoms with E-state index in [-0.39, 0.29) is 37.8 Å². The molecular formula is C68H64N3OPt-. The molecule has 0 atom stereocenters. The SMILES string of the molecule is [2H]C([2H])([2H])c1cc(-c2ccc(C(C)(C)C)cc2)c(-n2c(-c3cc(C([2H])(C)C)cc(C([2H])(C)C)c3O)nc3c(-c4[c-]c(-c5cc(-c6ccc(C([2H])(C)C)cc6)ccn5)cc(-c5ccccc5)c4)cccc32)cc1-c1ccccc1.[Pt]. The number of hydrogen-bond acceptors (Lipinski definition) is 3. The molecule has 0 saturated carbocycles. The molecule has 0 aliphatic heterocycles. The summed E-state index contributed by atoms with van der Waals surface area (Å²) < 4.78 is 56.2. The molecule has 0 aliphatic carbocycles. The van der Waals surface area contributed by atoms with Gasteiger partial charge in [-0.15, -0.1) is 23.8 Å². The van der Waals surface area contributed by atoms with Gasteiger partial charge >= 0.3 is 0 Å². The predicted molar refractivity (Wildman–Crippen MR) is 303 cm³/mol. The quantitative estimate of drug-likeness (QED) is 0.131. The van der Waals surface area contributed by atoms with Gasteiger partial charge in [-0.2, -0.15) is 0 Å². The molecule has 10 rings (SSSR count). The molecule has 5 heteroatoms. The van der Waals surface area contributed by atoms with Crippen LogP contribution in [0.3, 0.4) is 0 Å². The first-order valence-electron chi connectivity index (χ1n) is 27.7. The zero-order valence-electron chi connectivity index (χ0n) is 48.9. The Hall–Kier alpha value is -7.13. The third kappa shape index (κ3) is 10.2. The molecular weight excluding hydrogens is 1070 g/mol. The normalized spacial score (nSPS) is 13.5. The van der Waals surface area contributed by atoms with Crippen LogP contribution >= 0.6 is 0 Å². The second-order valence-corrected chi connectivity index (χ2v) is 20.5. The zero-order chi connectivity index (χ0) is 55.7. The summed E-state index contributed by atoms with van der Waals surface area (Å²) in [6.45, 7) is 14.8. The smallest absolute Gasteiger partial charge is 0.148 e. The number of aromatic nitrogens is 3. The van der Waals surface area contributed by atoms with Gasteiger partial charge in [0, 0.05) is 46.7 Å². The van der Waals surface area contributed by atoms with Gasteiger partial charge in [-0.1, -0.05) is 212 Å². The van der Waals surface area contributed by atoms with Crippen molar-refractivity contribution in [2.75, 3.05) is 0 Å². The zero-order valence-corrected chi connectivity index (χ0v) is 45.2. The molecule has 0 fully saturated rings. The van der Waals surface area contributed by atoms with Crippen LogP contribution in [-0.2, 0) is 26.5 Å². The summed E-state index contributed by atoms with van der Waals surface area (Å²) in [4.78, 5) is 10.5. The summed E-state index contributed by atoms with van der Waals surface area (Å²) in [7, 11) is 0. The minimum atomic E-state index is -2.51. The van der Waals surface area contributed by atoms with Crippen molar-refractivity contribution in [1.29, 1.82) is 0 Å². The third-order valence-electron chi connectivity index (χ3n) is 13.8. The largest absolute Gasteiger partial charge is 0.507 e. The maximum atomic E-state index is 12.7. The van der Waals surface area contributed by atoms with Crippen molar-refractivity contribution in [3.63, 3.8) is 0 Å². The van der Waals surface area contributed by atoms with Gasteiger partial charge < -0.3 is 5.11 Å². The minimum absolute atomic E-state index is 0. The standard InChI is InChI=1S/C68H64N3O.Pt/c1-42(2)46-24-26-48(27-25-46)51-32-33-69-62(40-51)55-36-53(47-18-13-11-14-19-47)35-54(37-55)57-22-17-23-63-65(57)70-67(61-39-52(43(3)4)38-58(44(5)6)66(61)72)71(63)64-41-59(49-20-15-12-16-21-49)45(7)34-60(64)50-28-30-56(31-29-50)68(8,9)10;/h11-36,38-44,72H,1-10H3;/q-1;/i7D3,42D,43D,44D;. The van der Waals surface area contributed by atoms with Crippen molar-refractivity contribution >= 4 is 11.0 Å². The predicted octanol–water partition coefficient (Wildman–Crippen LogP) is 18.6. The van der Waals surface area contributed by atoms with Gasteiger partial charge in [-0.3, -0.25) is 9.55 Å². The van der Waals surface area contributed by atoms with E-state index in [0.29, 0.717) is 56.1 Å². The Balaban J connectivity index is 0.00000757. The number of aromatic hydroxyl groups is 1. The monoisotopic (exact) mass is 1140 g/mol. The van der Waals surface area contributed by atoms with Gasteiger partial charge in [-0.05, 0) is 121 Å². The number of rotatable bonds is 11. The summed E-state index contributed by atoms with van der Waals surface area (Å²) in [5.74, 6) is -2.94. The van der Waals surface area contributed by atoms with E-state index in [1.807, 2.05) is 146 Å². The summed E-state index contributed by atoms with van der Waals surface area (Å²) in [6, 6.07) is 61.4. The fourth-order valence-electron chi connectivity index (χ4n) is 9.63. The van der Waals surface area contributed by atoms with Crippen molar-refractivity contribution in [1.82, 2.24) is 14.5 Å². The first-order chi connectivity index (χ1) is 36.7. The number of phenolic OH excluding ortho intramolecular Hbond substituents is 1. The van der Waals surface area contributed by atoms with Crippen molar-refractivity contribution in [2.45, 2.75) is 92.3 Å². The Morgan fingerprint density at radius 2 is 1.18 bits per heavy atom. The molecule has 8 aromatic carbocycles. The number of imidazole rings is 1. The van der Waals surface area contributed by atoms with Crippen LogP contribution in [-0.4, -0.2) is 19.6 Å². The van der Waals surface area contributed by atoms with Crippen LogP contribution in [0.1, 0.15) is 116 Å². The second-order valence-electron chi connectivity index (χ2n) is 20.5. The van der Waals surface area contributed by atoms with Crippen molar-refractivity contribution in [3.05, 3.63) is 216 Å². The Morgan fingerprint density at radius 1 is 0.548 bits per heavy atom. The molecule has 0 unspecified atom stereocenters. The molecule has 73 heavy (non-hydrogen) atoms. The number of para-hydroxylation sites is 1. The van der Waals surface area contributed by atoms with Crippen LogP contribution < -0.4 is 0 Å². The molecule has 2 heterocycles. The van der Waals surface area contributed by atoms with Crippen molar-refractivity contribution in [2.24, 2.45) is 0 Å². The van der Waals surface area contributed by atoms with Crippen molar-refractivity contribution in [3.8, 4) is 89.7 Å². The van der Waals surface area contributed by atoms with Gasteiger partial charge in [0.25, 0.3) is 0 Å². The van der Waals surface area contributed by atoms with Gasteiger partial charge in [0.1, 0.15) is 11.6 Å². The fraction of sp³-hybridized carbons (Fsp3) is 0.206. The molecule has 0 radical (unpaired) electrons. The van der Waals surface area contributed by atoms with Crippen LogP contribution in [0.15, 0.2) is 182 Å². The van der Waals surface area contributed by atoms with E-state index in [0.717, 1.165) is 61.2 Å². The van der Waals surface area contributed by atoms with Gasteiger partial charge in [0.2, 0.25) is 0 Å². The fourth-order valence-corrected chi connectivity index (χ4v) is 9.63. The molecule has 0 spiro atoms. The maximum absolute atomic E-state index is 12.7. The van der Waals surface area contributed by atoms with Gasteiger partial charge in [0.15, 0.2) is 0 Å². The summed E-state index contributed by atoms with van der Waals surface area (Å²) >= 11 is 0. The third-order valence-corrected chi connectivity index (χ3v) is 13.8. The van der Waals surface area contributed by atoms with Crippen LogP contribution in [0.4, 0.5) is 0 Å². The molecule has 0 amide bonds. The number of benzene rings is 8. The van der Waals surface area contributed by atoms with Gasteiger partial charge in [0.05, 0.1) is 22.3 Å². The summed E-state index contributed by atoms with van der Waals surface area (Å²) in [6.07, 6.45) is 1.81. The van der Waals surface area contributed by atoms with E-state index in [4.69, 9.17) is 15.5 Å². The summed E-state index contributed by atoms with van der Waals surface area (Å²) in [5, 5.41) is 12.7. The van der Waals surface area contributed by atoms with E-state index in [9.17, 15) is 7.85 Å². The van der Waals surface area contributed by atoms with E-state index in [1.54, 1.807) is 39.8 Å². The van der Waals surface area contributed by atoms with E-state index >= 15 is 0 Å². The Labute approximate surface area is 455 Å². The number of pyridine rings is 1. The van der Waals surface area contributed by atoms with E-state index in [1.165, 1.54) is 0 Å². The number of phenols is 1. The number of aryl methyl sites for hydroxylation is 1. The average molecular weight is 1140 g/mol. The first kappa shape index (κ1) is 43.5. The molecule has 0 bridgehead atoms. The average Bonchev–Trinajstić information content (AvgIpc) is 4.08. The Kier molecular flexibility index (Phi) is 12.4. The number of hydrogen-bond donors (Lipinski definition) is 1. The van der Waals surface area contributed by atoms with Crippen LogP contribution in [0.2, 0.25) is 0 Å². The molecule has 0 aliphatic rings. The molecule has 2 aromatic heterocycles. The van der Waals surface area contributed by atoms with Crippen LogP contribution in [0, 0.1) is 12.9 Å². The van der Waals surface area contributed by atoms with Crippen molar-refractivity contribution < 1.29 is 34.4 Å². The number of fused-ring (bicyclic) bond motifs is 1. The Morgan fingerprint density at radius 3 is 1.82 bits per heavy atom. The number of nitrogens with zero attached hydrogens (tertiary/aromatic N) is 3. The molecule has 4 nitrogen and oxygen atoms in total. The van der Waals surface area contributed by atoms with Crippen LogP contribution in [0.5, 0.6) is 5.75 Å². The maximum Gasteiger partial charge on any atom is 0.148 e. The second kappa shape index (κ2) is 20.8. The van der Waals surface area contributed by atoms with Crippen LogP contribution in [0.25, 0.3) is 95.0 Å². The summed E-state index contributed by atoms with van der Waals surface area (Å²) in [5.41, 5.74) is 14.7. The van der Waals surface area contributed by atoms with Gasteiger partial charge in [-0.25, -0.2) is 4.98 Å². The first-order valence-corrected chi connectivity index (χ1v) is 24.7. The molecule has 10 aromatic rings. The molecule has 1 N–H and O–H groups in total. The topological polar surface area (TPSA) is 50.9 Å². The molecule has 0 saturated heterocycles.